The summed E-state index contributed by atoms with van der Waals surface area (Å²) in [6.07, 6.45) is 66.0. The number of carbonyl (C=O) groups is 3. The molecule has 64 heavy (non-hydrogen) atoms. The van der Waals surface area contributed by atoms with Crippen molar-refractivity contribution in [2.24, 2.45) is 0 Å². The van der Waals surface area contributed by atoms with Crippen LogP contribution in [-0.4, -0.2) is 37.2 Å². The topological polar surface area (TPSA) is 78.9 Å². The molecule has 0 aliphatic heterocycles. The Labute approximate surface area is 395 Å². The highest BCUT2D eigenvalue weighted by Gasteiger charge is 2.19. The van der Waals surface area contributed by atoms with Crippen LogP contribution in [-0.2, 0) is 28.6 Å². The van der Waals surface area contributed by atoms with Crippen molar-refractivity contribution in [3.63, 3.8) is 0 Å². The molecule has 0 amide bonds. The molecule has 0 aromatic heterocycles. The monoisotopic (exact) mass is 893 g/mol. The molecule has 0 aliphatic rings. The van der Waals surface area contributed by atoms with Gasteiger partial charge >= 0.3 is 17.9 Å². The molecule has 0 rings (SSSR count). The summed E-state index contributed by atoms with van der Waals surface area (Å²) < 4.78 is 16.8. The van der Waals surface area contributed by atoms with Crippen LogP contribution in [0, 0.1) is 0 Å². The molecular weight excluding hydrogens is 793 g/mol. The maximum Gasteiger partial charge on any atom is 0.306 e. The normalized spacial score (nSPS) is 12.6. The van der Waals surface area contributed by atoms with Crippen LogP contribution in [0.2, 0.25) is 0 Å². The van der Waals surface area contributed by atoms with Gasteiger partial charge in [-0.25, -0.2) is 0 Å². The average Bonchev–Trinajstić information content (AvgIpc) is 3.29. The fourth-order valence-corrected chi connectivity index (χ4v) is 7.44. The van der Waals surface area contributed by atoms with Crippen molar-refractivity contribution in [2.45, 2.75) is 264 Å². The van der Waals surface area contributed by atoms with E-state index in [0.717, 1.165) is 128 Å². The van der Waals surface area contributed by atoms with Crippen molar-refractivity contribution in [1.82, 2.24) is 0 Å². The van der Waals surface area contributed by atoms with Crippen LogP contribution in [0.3, 0.4) is 0 Å². The van der Waals surface area contributed by atoms with Gasteiger partial charge in [-0.05, 0) is 116 Å². The first-order chi connectivity index (χ1) is 31.5. The lowest BCUT2D eigenvalue weighted by atomic mass is 10.1. The van der Waals surface area contributed by atoms with Crippen molar-refractivity contribution in [1.29, 1.82) is 0 Å². The second-order valence-electron chi connectivity index (χ2n) is 17.7. The summed E-state index contributed by atoms with van der Waals surface area (Å²) in [5.41, 5.74) is 0. The second-order valence-corrected chi connectivity index (χ2v) is 17.7. The van der Waals surface area contributed by atoms with Gasteiger partial charge in [-0.1, -0.05) is 196 Å². The van der Waals surface area contributed by atoms with Gasteiger partial charge in [0.1, 0.15) is 13.2 Å². The third kappa shape index (κ3) is 49.9. The van der Waals surface area contributed by atoms with Gasteiger partial charge in [-0.3, -0.25) is 14.4 Å². The molecule has 368 valence electrons. The van der Waals surface area contributed by atoms with E-state index in [1.165, 1.54) is 89.9 Å². The molecule has 0 spiro atoms. The van der Waals surface area contributed by atoms with Gasteiger partial charge < -0.3 is 14.2 Å². The van der Waals surface area contributed by atoms with E-state index in [1.807, 2.05) is 0 Å². The number of esters is 3. The molecule has 0 saturated carbocycles. The minimum atomic E-state index is -0.784. The molecule has 0 aromatic rings. The fourth-order valence-electron chi connectivity index (χ4n) is 7.44. The Balaban J connectivity index is 4.39. The molecular formula is C58H100O6. The van der Waals surface area contributed by atoms with Gasteiger partial charge in [-0.15, -0.1) is 0 Å². The molecule has 0 radical (unpaired) electrons. The van der Waals surface area contributed by atoms with Crippen molar-refractivity contribution in [3.05, 3.63) is 72.9 Å². The van der Waals surface area contributed by atoms with Crippen LogP contribution in [0.5, 0.6) is 0 Å². The zero-order chi connectivity index (χ0) is 46.5. The first-order valence-electron chi connectivity index (χ1n) is 26.9. The van der Waals surface area contributed by atoms with Gasteiger partial charge in [0.2, 0.25) is 0 Å². The predicted molar refractivity (Wildman–Crippen MR) is 274 cm³/mol. The molecule has 0 aromatic carbocycles. The molecule has 6 heteroatoms. The first-order valence-corrected chi connectivity index (χ1v) is 26.9. The summed E-state index contributed by atoms with van der Waals surface area (Å²) in [6, 6.07) is 0. The molecule has 0 heterocycles. The minimum absolute atomic E-state index is 0.0832. The van der Waals surface area contributed by atoms with Crippen LogP contribution >= 0.6 is 0 Å². The van der Waals surface area contributed by atoms with Crippen LogP contribution in [0.4, 0.5) is 0 Å². The Morgan fingerprint density at radius 1 is 0.297 bits per heavy atom. The van der Waals surface area contributed by atoms with Gasteiger partial charge in [0, 0.05) is 19.3 Å². The zero-order valence-corrected chi connectivity index (χ0v) is 42.0. The molecule has 0 N–H and O–H groups in total. The molecule has 0 aliphatic carbocycles. The highest BCUT2D eigenvalue weighted by molar-refractivity contribution is 5.71. The molecule has 6 nitrogen and oxygen atoms in total. The second kappa shape index (κ2) is 52.5. The Kier molecular flexibility index (Phi) is 49.9. The van der Waals surface area contributed by atoms with E-state index in [-0.39, 0.29) is 31.1 Å². The van der Waals surface area contributed by atoms with Gasteiger partial charge in [0.15, 0.2) is 6.10 Å². The molecule has 1 unspecified atom stereocenters. The van der Waals surface area contributed by atoms with Gasteiger partial charge in [0.25, 0.3) is 0 Å². The Bertz CT molecular complexity index is 1210. The SMILES string of the molecule is CC/C=C/CC/C=C/CCCCCCCCCCC(=O)OCC(COC(=O)CCCCCCCCC/C=C/CC/C=C/CC)OC(=O)CCCCCCCCC/C=C/CC/C=C/CC. The van der Waals surface area contributed by atoms with E-state index in [1.54, 1.807) is 0 Å². The molecule has 1 atom stereocenters. The lowest BCUT2D eigenvalue weighted by Gasteiger charge is -2.18. The number of rotatable bonds is 48. The van der Waals surface area contributed by atoms with Crippen LogP contribution in [0.25, 0.3) is 0 Å². The van der Waals surface area contributed by atoms with Crippen molar-refractivity contribution in [2.75, 3.05) is 13.2 Å². The van der Waals surface area contributed by atoms with Crippen LogP contribution in [0.1, 0.15) is 258 Å². The summed E-state index contributed by atoms with van der Waals surface area (Å²) in [5.74, 6) is -0.899. The van der Waals surface area contributed by atoms with E-state index < -0.39 is 6.10 Å². The predicted octanol–water partition coefficient (Wildman–Crippen LogP) is 17.8. The molecule has 0 bridgehead atoms. The van der Waals surface area contributed by atoms with Gasteiger partial charge in [0.05, 0.1) is 0 Å². The minimum Gasteiger partial charge on any atom is -0.462 e. The van der Waals surface area contributed by atoms with E-state index >= 15 is 0 Å². The number of hydrogen-bond donors (Lipinski definition) is 0. The Morgan fingerprint density at radius 2 is 0.531 bits per heavy atom. The lowest BCUT2D eigenvalue weighted by Crippen LogP contribution is -2.30. The Hall–Kier alpha value is -3.15. The van der Waals surface area contributed by atoms with E-state index in [9.17, 15) is 14.4 Å². The highest BCUT2D eigenvalue weighted by Crippen LogP contribution is 2.15. The quantitative estimate of drug-likeness (QED) is 0.0262. The Morgan fingerprint density at radius 3 is 0.828 bits per heavy atom. The summed E-state index contributed by atoms with van der Waals surface area (Å²) in [5, 5.41) is 0. The third-order valence-electron chi connectivity index (χ3n) is 11.4. The van der Waals surface area contributed by atoms with E-state index in [0.29, 0.717) is 19.3 Å². The lowest BCUT2D eigenvalue weighted by molar-refractivity contribution is -0.167. The average molecular weight is 893 g/mol. The largest absolute Gasteiger partial charge is 0.462 e. The van der Waals surface area contributed by atoms with E-state index in [4.69, 9.17) is 14.2 Å². The third-order valence-corrected chi connectivity index (χ3v) is 11.4. The fraction of sp³-hybridized carbons (Fsp3) is 0.741. The molecule has 0 saturated heterocycles. The van der Waals surface area contributed by atoms with Crippen LogP contribution < -0.4 is 0 Å². The number of ether oxygens (including phenoxy) is 3. The maximum atomic E-state index is 12.8. The van der Waals surface area contributed by atoms with Crippen molar-refractivity contribution >= 4 is 17.9 Å². The smallest absolute Gasteiger partial charge is 0.306 e. The van der Waals surface area contributed by atoms with Gasteiger partial charge in [-0.2, -0.15) is 0 Å². The summed E-state index contributed by atoms with van der Waals surface area (Å²) >= 11 is 0. The van der Waals surface area contributed by atoms with E-state index in [2.05, 4.69) is 93.7 Å². The number of carbonyl (C=O) groups excluding carboxylic acids is 3. The summed E-state index contributed by atoms with van der Waals surface area (Å²) in [7, 11) is 0. The first kappa shape index (κ1) is 60.9. The number of unbranched alkanes of at least 4 members (excludes halogenated alkanes) is 25. The molecule has 0 fully saturated rings. The zero-order valence-electron chi connectivity index (χ0n) is 42.0. The summed E-state index contributed by atoms with van der Waals surface area (Å²) in [4.78, 5) is 38.1. The summed E-state index contributed by atoms with van der Waals surface area (Å²) in [6.45, 7) is 6.34. The van der Waals surface area contributed by atoms with Crippen LogP contribution in [0.15, 0.2) is 72.9 Å². The van der Waals surface area contributed by atoms with Crippen molar-refractivity contribution < 1.29 is 28.6 Å². The standard InChI is InChI=1S/C58H100O6/c1-4-7-10-13-16-19-22-25-28-31-33-36-39-42-45-48-51-57(60)63-54-55(64-58(61)52-49-46-43-40-37-34-30-27-24-21-18-15-12-9-6-3)53-62-56(59)50-47-44-41-38-35-32-29-26-23-20-17-14-11-8-5-2/h7-12,19-24,55H,4-6,13-18,25-54H2,1-3H3/b10-7+,11-8+,12-9+,22-19+,23-20+,24-21+. The highest BCUT2D eigenvalue weighted by atomic mass is 16.6. The number of hydrogen-bond acceptors (Lipinski definition) is 6. The number of allylic oxidation sites excluding steroid dienone is 12. The van der Waals surface area contributed by atoms with Crippen molar-refractivity contribution in [3.8, 4) is 0 Å². The maximum absolute atomic E-state index is 12.8.